The predicted octanol–water partition coefficient (Wildman–Crippen LogP) is 4.83. The Labute approximate surface area is 133 Å². The van der Waals surface area contributed by atoms with Crippen LogP contribution >= 0.6 is 27.3 Å². The lowest BCUT2D eigenvalue weighted by atomic mass is 9.96. The molecule has 0 fully saturated rings. The van der Waals surface area contributed by atoms with Gasteiger partial charge in [0.2, 0.25) is 0 Å². The second kappa shape index (κ2) is 6.74. The van der Waals surface area contributed by atoms with Gasteiger partial charge in [-0.1, -0.05) is 19.1 Å². The maximum Gasteiger partial charge on any atom is 0.124 e. The van der Waals surface area contributed by atoms with Crippen LogP contribution in [0.25, 0.3) is 0 Å². The minimum absolute atomic E-state index is 0.228. The molecule has 0 aliphatic carbocycles. The van der Waals surface area contributed by atoms with Gasteiger partial charge in [-0.05, 0) is 70.0 Å². The standard InChI is InChI=1S/C16H20BrNOS/c1-5-18-15(13-8-14(17)20-9-13)12-6-10(2)16(19-4)11(3)7-12/h6-9,15,18H,5H2,1-4H3. The third kappa shape index (κ3) is 3.25. The molecule has 0 saturated carbocycles. The van der Waals surface area contributed by atoms with Crippen LogP contribution in [0.2, 0.25) is 0 Å². The van der Waals surface area contributed by atoms with Crippen LogP contribution in [0.5, 0.6) is 5.75 Å². The molecule has 1 heterocycles. The second-order valence-corrected chi connectivity index (χ2v) is 7.15. The molecular weight excluding hydrogens is 334 g/mol. The number of benzene rings is 1. The molecule has 2 aromatic rings. The van der Waals surface area contributed by atoms with E-state index in [0.29, 0.717) is 0 Å². The number of hydrogen-bond donors (Lipinski definition) is 1. The lowest BCUT2D eigenvalue weighted by Gasteiger charge is -2.20. The second-order valence-electron chi connectivity index (χ2n) is 4.86. The highest BCUT2D eigenvalue weighted by molar-refractivity contribution is 9.11. The molecule has 1 unspecified atom stereocenters. The molecule has 2 rings (SSSR count). The molecule has 0 saturated heterocycles. The topological polar surface area (TPSA) is 21.3 Å². The number of hydrogen-bond acceptors (Lipinski definition) is 3. The molecule has 2 nitrogen and oxygen atoms in total. The number of thiophene rings is 1. The summed E-state index contributed by atoms with van der Waals surface area (Å²) >= 11 is 5.27. The molecular formula is C16H20BrNOS. The zero-order valence-corrected chi connectivity index (χ0v) is 14.7. The Bertz CT molecular complexity index is 571. The van der Waals surface area contributed by atoms with Gasteiger partial charge in [0.15, 0.2) is 0 Å². The number of methoxy groups -OCH3 is 1. The molecule has 1 atom stereocenters. The van der Waals surface area contributed by atoms with Gasteiger partial charge >= 0.3 is 0 Å². The molecule has 1 aromatic heterocycles. The summed E-state index contributed by atoms with van der Waals surface area (Å²) in [4.78, 5) is 0. The van der Waals surface area contributed by atoms with Crippen LogP contribution < -0.4 is 10.1 Å². The van der Waals surface area contributed by atoms with Crippen molar-refractivity contribution in [1.29, 1.82) is 0 Å². The van der Waals surface area contributed by atoms with Gasteiger partial charge in [0.05, 0.1) is 16.9 Å². The van der Waals surface area contributed by atoms with E-state index in [1.165, 1.54) is 22.3 Å². The molecule has 4 heteroatoms. The van der Waals surface area contributed by atoms with E-state index >= 15 is 0 Å². The summed E-state index contributed by atoms with van der Waals surface area (Å²) in [7, 11) is 1.73. The Morgan fingerprint density at radius 1 is 1.20 bits per heavy atom. The first-order chi connectivity index (χ1) is 9.56. The highest BCUT2D eigenvalue weighted by Gasteiger charge is 2.17. The molecule has 0 bridgehead atoms. The Hall–Kier alpha value is -0.840. The zero-order valence-electron chi connectivity index (χ0n) is 12.3. The van der Waals surface area contributed by atoms with E-state index in [2.05, 4.69) is 65.6 Å². The molecule has 0 radical (unpaired) electrons. The smallest absolute Gasteiger partial charge is 0.124 e. The van der Waals surface area contributed by atoms with E-state index in [1.807, 2.05) is 0 Å². The van der Waals surface area contributed by atoms with Gasteiger partial charge in [0, 0.05) is 0 Å². The van der Waals surface area contributed by atoms with E-state index in [0.717, 1.165) is 16.1 Å². The van der Waals surface area contributed by atoms with E-state index < -0.39 is 0 Å². The number of rotatable bonds is 5. The average Bonchev–Trinajstić information content (AvgIpc) is 2.82. The lowest BCUT2D eigenvalue weighted by Crippen LogP contribution is -2.21. The molecule has 108 valence electrons. The van der Waals surface area contributed by atoms with Crippen molar-refractivity contribution in [3.05, 3.63) is 49.6 Å². The Balaban J connectivity index is 2.44. The molecule has 20 heavy (non-hydrogen) atoms. The van der Waals surface area contributed by atoms with Crippen LogP contribution in [-0.2, 0) is 0 Å². The molecule has 1 aromatic carbocycles. The van der Waals surface area contributed by atoms with E-state index in [9.17, 15) is 0 Å². The number of nitrogens with one attached hydrogen (secondary N) is 1. The van der Waals surface area contributed by atoms with Crippen molar-refractivity contribution in [2.75, 3.05) is 13.7 Å². The largest absolute Gasteiger partial charge is 0.496 e. The molecule has 0 aliphatic heterocycles. The molecule has 1 N–H and O–H groups in total. The quantitative estimate of drug-likeness (QED) is 0.830. The normalized spacial score (nSPS) is 12.4. The number of halogens is 1. The van der Waals surface area contributed by atoms with Crippen LogP contribution in [0.15, 0.2) is 27.4 Å². The minimum Gasteiger partial charge on any atom is -0.496 e. The highest BCUT2D eigenvalue weighted by atomic mass is 79.9. The van der Waals surface area contributed by atoms with Gasteiger partial charge in [-0.15, -0.1) is 11.3 Å². The van der Waals surface area contributed by atoms with Crippen LogP contribution in [0, 0.1) is 13.8 Å². The summed E-state index contributed by atoms with van der Waals surface area (Å²) in [6, 6.07) is 6.84. The number of aryl methyl sites for hydroxylation is 2. The summed E-state index contributed by atoms with van der Waals surface area (Å²) in [5.41, 5.74) is 4.94. The fourth-order valence-electron chi connectivity index (χ4n) is 2.58. The maximum absolute atomic E-state index is 5.45. The van der Waals surface area contributed by atoms with Crippen molar-refractivity contribution in [3.63, 3.8) is 0 Å². The van der Waals surface area contributed by atoms with Crippen molar-refractivity contribution in [2.45, 2.75) is 26.8 Å². The summed E-state index contributed by atoms with van der Waals surface area (Å²) < 4.78 is 6.62. The van der Waals surface area contributed by atoms with E-state index in [1.54, 1.807) is 18.4 Å². The van der Waals surface area contributed by atoms with E-state index in [-0.39, 0.29) is 6.04 Å². The van der Waals surface area contributed by atoms with Gasteiger partial charge < -0.3 is 10.1 Å². The van der Waals surface area contributed by atoms with Crippen LogP contribution in [-0.4, -0.2) is 13.7 Å². The lowest BCUT2D eigenvalue weighted by molar-refractivity contribution is 0.408. The van der Waals surface area contributed by atoms with Crippen molar-refractivity contribution < 1.29 is 4.74 Å². The zero-order chi connectivity index (χ0) is 14.7. The average molecular weight is 354 g/mol. The first-order valence-corrected chi connectivity index (χ1v) is 8.36. The summed E-state index contributed by atoms with van der Waals surface area (Å²) in [5.74, 6) is 0.982. The highest BCUT2D eigenvalue weighted by Crippen LogP contribution is 2.33. The number of ether oxygens (including phenoxy) is 1. The fourth-order valence-corrected chi connectivity index (χ4v) is 3.78. The monoisotopic (exact) mass is 353 g/mol. The van der Waals surface area contributed by atoms with Gasteiger partial charge in [-0.25, -0.2) is 0 Å². The maximum atomic E-state index is 5.45. The SMILES string of the molecule is CCNC(c1csc(Br)c1)c1cc(C)c(OC)c(C)c1. The van der Waals surface area contributed by atoms with Gasteiger partial charge in [0.1, 0.15) is 5.75 Å². The predicted molar refractivity (Wildman–Crippen MR) is 90.0 cm³/mol. The first-order valence-electron chi connectivity index (χ1n) is 6.69. The third-order valence-electron chi connectivity index (χ3n) is 3.35. The molecule has 0 aliphatic rings. The van der Waals surface area contributed by atoms with Gasteiger partial charge in [0.25, 0.3) is 0 Å². The molecule has 0 spiro atoms. The Kier molecular flexibility index (Phi) is 5.24. The molecule has 0 amide bonds. The summed E-state index contributed by atoms with van der Waals surface area (Å²) in [6.07, 6.45) is 0. The van der Waals surface area contributed by atoms with Crippen molar-refractivity contribution >= 4 is 27.3 Å². The van der Waals surface area contributed by atoms with E-state index in [4.69, 9.17) is 4.74 Å². The first kappa shape index (κ1) is 15.5. The fraction of sp³-hybridized carbons (Fsp3) is 0.375. The van der Waals surface area contributed by atoms with Crippen molar-refractivity contribution in [1.82, 2.24) is 5.32 Å². The van der Waals surface area contributed by atoms with Gasteiger partial charge in [-0.3, -0.25) is 0 Å². The van der Waals surface area contributed by atoms with Crippen LogP contribution in [0.3, 0.4) is 0 Å². The van der Waals surface area contributed by atoms with Crippen LogP contribution in [0.1, 0.15) is 35.2 Å². The Morgan fingerprint density at radius 3 is 2.30 bits per heavy atom. The van der Waals surface area contributed by atoms with Crippen molar-refractivity contribution in [2.24, 2.45) is 0 Å². The van der Waals surface area contributed by atoms with Crippen LogP contribution in [0.4, 0.5) is 0 Å². The summed E-state index contributed by atoms with van der Waals surface area (Å²) in [5, 5.41) is 5.77. The Morgan fingerprint density at radius 2 is 1.85 bits per heavy atom. The third-order valence-corrected chi connectivity index (χ3v) is 4.87. The minimum atomic E-state index is 0.228. The van der Waals surface area contributed by atoms with Gasteiger partial charge in [-0.2, -0.15) is 0 Å². The van der Waals surface area contributed by atoms with Crippen molar-refractivity contribution in [3.8, 4) is 5.75 Å². The summed E-state index contributed by atoms with van der Waals surface area (Å²) in [6.45, 7) is 7.27.